The van der Waals surface area contributed by atoms with Crippen LogP contribution < -0.4 is 0 Å². The number of fused-ring (bicyclic) bond motifs is 1. The molecule has 13 heavy (non-hydrogen) atoms. The Morgan fingerprint density at radius 2 is 2.08 bits per heavy atom. The topological polar surface area (TPSA) is 12.5 Å². The quantitative estimate of drug-likeness (QED) is 0.628. The predicted molar refractivity (Wildman–Crippen MR) is 55.1 cm³/mol. The molecule has 0 bridgehead atoms. The van der Waals surface area contributed by atoms with Crippen LogP contribution in [0.3, 0.4) is 0 Å². The second-order valence-electron chi connectivity index (χ2n) is 3.45. The predicted octanol–water partition coefficient (Wildman–Crippen LogP) is 3.36. The Hall–Kier alpha value is -0.860. The van der Waals surface area contributed by atoms with Crippen molar-refractivity contribution >= 4 is 21.4 Å². The van der Waals surface area contributed by atoms with Gasteiger partial charge >= 0.3 is 0 Å². The SMILES string of the molecule is CC1OC1c1csc2ccccc12. The van der Waals surface area contributed by atoms with E-state index in [2.05, 4.69) is 36.6 Å². The van der Waals surface area contributed by atoms with Gasteiger partial charge in [0.2, 0.25) is 0 Å². The van der Waals surface area contributed by atoms with Gasteiger partial charge in [0.05, 0.1) is 6.10 Å². The van der Waals surface area contributed by atoms with E-state index < -0.39 is 0 Å². The van der Waals surface area contributed by atoms with E-state index in [4.69, 9.17) is 4.74 Å². The Labute approximate surface area is 81.0 Å². The molecule has 1 aromatic carbocycles. The van der Waals surface area contributed by atoms with Crippen molar-refractivity contribution in [2.75, 3.05) is 0 Å². The Morgan fingerprint density at radius 1 is 1.31 bits per heavy atom. The summed E-state index contributed by atoms with van der Waals surface area (Å²) in [5, 5.41) is 3.58. The van der Waals surface area contributed by atoms with Crippen LogP contribution in [0, 0.1) is 0 Å². The van der Waals surface area contributed by atoms with E-state index in [1.165, 1.54) is 15.6 Å². The molecule has 0 saturated carbocycles. The highest BCUT2D eigenvalue weighted by Crippen LogP contribution is 2.43. The van der Waals surface area contributed by atoms with Crippen LogP contribution in [-0.4, -0.2) is 6.10 Å². The third-order valence-electron chi connectivity index (χ3n) is 2.53. The molecule has 1 nitrogen and oxygen atoms in total. The van der Waals surface area contributed by atoms with Gasteiger partial charge in [-0.3, -0.25) is 0 Å². The summed E-state index contributed by atoms with van der Waals surface area (Å²) >= 11 is 1.80. The van der Waals surface area contributed by atoms with E-state index >= 15 is 0 Å². The lowest BCUT2D eigenvalue weighted by atomic mass is 10.1. The number of rotatable bonds is 1. The molecule has 2 unspecified atom stereocenters. The van der Waals surface area contributed by atoms with Crippen molar-refractivity contribution in [1.29, 1.82) is 0 Å². The Kier molecular flexibility index (Phi) is 1.49. The van der Waals surface area contributed by atoms with Crippen molar-refractivity contribution in [1.82, 2.24) is 0 Å². The number of benzene rings is 1. The summed E-state index contributed by atoms with van der Waals surface area (Å²) in [6.45, 7) is 2.12. The highest BCUT2D eigenvalue weighted by molar-refractivity contribution is 7.17. The Balaban J connectivity index is 2.19. The first-order valence-corrected chi connectivity index (χ1v) is 5.36. The van der Waals surface area contributed by atoms with Crippen molar-refractivity contribution in [3.05, 3.63) is 35.2 Å². The monoisotopic (exact) mass is 190 g/mol. The maximum atomic E-state index is 5.48. The molecule has 0 N–H and O–H groups in total. The lowest BCUT2D eigenvalue weighted by Gasteiger charge is -1.91. The molecule has 2 heterocycles. The van der Waals surface area contributed by atoms with Crippen LogP contribution in [0.25, 0.3) is 10.1 Å². The van der Waals surface area contributed by atoms with Crippen molar-refractivity contribution in [2.24, 2.45) is 0 Å². The third kappa shape index (κ3) is 1.10. The van der Waals surface area contributed by atoms with Crippen LogP contribution in [0.5, 0.6) is 0 Å². The van der Waals surface area contributed by atoms with Crippen LogP contribution >= 0.6 is 11.3 Å². The number of thiophene rings is 1. The average molecular weight is 190 g/mol. The molecule has 0 amide bonds. The van der Waals surface area contributed by atoms with Crippen molar-refractivity contribution in [3.63, 3.8) is 0 Å². The Bertz CT molecular complexity index is 446. The molecule has 0 radical (unpaired) electrons. The molecule has 1 saturated heterocycles. The van der Waals surface area contributed by atoms with Crippen LogP contribution in [0.1, 0.15) is 18.6 Å². The fourth-order valence-electron chi connectivity index (χ4n) is 1.73. The first kappa shape index (κ1) is 7.54. The molecule has 0 aliphatic carbocycles. The van der Waals surface area contributed by atoms with Gasteiger partial charge in [-0.05, 0) is 23.8 Å². The lowest BCUT2D eigenvalue weighted by molar-refractivity contribution is 0.384. The van der Waals surface area contributed by atoms with Crippen molar-refractivity contribution < 1.29 is 4.74 Å². The highest BCUT2D eigenvalue weighted by atomic mass is 32.1. The van der Waals surface area contributed by atoms with Gasteiger partial charge in [-0.1, -0.05) is 18.2 Å². The first-order chi connectivity index (χ1) is 6.36. The summed E-state index contributed by atoms with van der Waals surface area (Å²) in [5.74, 6) is 0. The largest absolute Gasteiger partial charge is 0.365 e. The lowest BCUT2D eigenvalue weighted by Crippen LogP contribution is -1.79. The minimum atomic E-state index is 0.358. The number of hydrogen-bond acceptors (Lipinski definition) is 2. The number of ether oxygens (including phenoxy) is 1. The first-order valence-electron chi connectivity index (χ1n) is 4.48. The molecule has 0 spiro atoms. The van der Waals surface area contributed by atoms with Crippen LogP contribution in [-0.2, 0) is 4.74 Å². The molecule has 2 aromatic rings. The molecule has 66 valence electrons. The molecule has 1 fully saturated rings. The highest BCUT2D eigenvalue weighted by Gasteiger charge is 2.37. The molecule has 2 atom stereocenters. The van der Waals surface area contributed by atoms with Crippen molar-refractivity contribution in [3.8, 4) is 0 Å². The summed E-state index contributed by atoms with van der Waals surface area (Å²) in [4.78, 5) is 0. The van der Waals surface area contributed by atoms with Crippen LogP contribution in [0.2, 0.25) is 0 Å². The standard InChI is InChI=1S/C11H10OS/c1-7-11(12-7)9-6-13-10-5-3-2-4-8(9)10/h2-7,11H,1H3. The fraction of sp³-hybridized carbons (Fsp3) is 0.273. The fourth-order valence-corrected chi connectivity index (χ4v) is 2.72. The zero-order valence-corrected chi connectivity index (χ0v) is 8.17. The van der Waals surface area contributed by atoms with E-state index in [0.29, 0.717) is 12.2 Å². The second kappa shape index (κ2) is 2.56. The molecular formula is C11H10OS. The maximum Gasteiger partial charge on any atom is 0.110 e. The minimum absolute atomic E-state index is 0.358. The third-order valence-corrected chi connectivity index (χ3v) is 3.51. The minimum Gasteiger partial charge on any atom is -0.365 e. The van der Waals surface area contributed by atoms with E-state index in [0.717, 1.165) is 0 Å². The molecule has 1 aromatic heterocycles. The zero-order chi connectivity index (χ0) is 8.84. The normalized spacial score (nSPS) is 26.5. The van der Waals surface area contributed by atoms with E-state index in [1.807, 2.05) is 0 Å². The summed E-state index contributed by atoms with van der Waals surface area (Å²) < 4.78 is 6.84. The van der Waals surface area contributed by atoms with Crippen LogP contribution in [0.4, 0.5) is 0 Å². The van der Waals surface area contributed by atoms with Gasteiger partial charge in [0.25, 0.3) is 0 Å². The van der Waals surface area contributed by atoms with Gasteiger partial charge in [-0.2, -0.15) is 0 Å². The van der Waals surface area contributed by atoms with E-state index in [1.54, 1.807) is 11.3 Å². The molecule has 3 rings (SSSR count). The Morgan fingerprint density at radius 3 is 2.85 bits per heavy atom. The zero-order valence-electron chi connectivity index (χ0n) is 7.36. The summed E-state index contributed by atoms with van der Waals surface area (Å²) in [5.41, 5.74) is 1.37. The summed E-state index contributed by atoms with van der Waals surface area (Å²) in [6.07, 6.45) is 0.772. The smallest absolute Gasteiger partial charge is 0.110 e. The number of hydrogen-bond donors (Lipinski definition) is 0. The van der Waals surface area contributed by atoms with E-state index in [-0.39, 0.29) is 0 Å². The summed E-state index contributed by atoms with van der Waals surface area (Å²) in [6, 6.07) is 8.51. The maximum absolute atomic E-state index is 5.48. The van der Waals surface area contributed by atoms with Gasteiger partial charge in [0.1, 0.15) is 6.10 Å². The second-order valence-corrected chi connectivity index (χ2v) is 4.36. The summed E-state index contributed by atoms with van der Waals surface area (Å²) in [7, 11) is 0. The van der Waals surface area contributed by atoms with Gasteiger partial charge in [0.15, 0.2) is 0 Å². The molecule has 2 heteroatoms. The molecule has 1 aliphatic heterocycles. The van der Waals surface area contributed by atoms with Gasteiger partial charge < -0.3 is 4.74 Å². The van der Waals surface area contributed by atoms with Crippen molar-refractivity contribution in [2.45, 2.75) is 19.1 Å². The van der Waals surface area contributed by atoms with Gasteiger partial charge in [-0.25, -0.2) is 0 Å². The number of epoxide rings is 1. The molecule has 1 aliphatic rings. The van der Waals surface area contributed by atoms with Crippen LogP contribution in [0.15, 0.2) is 29.6 Å². The van der Waals surface area contributed by atoms with Gasteiger partial charge in [-0.15, -0.1) is 11.3 Å². The average Bonchev–Trinajstić information content (AvgIpc) is 2.74. The molecular weight excluding hydrogens is 180 g/mol. The van der Waals surface area contributed by atoms with Gasteiger partial charge in [0, 0.05) is 10.3 Å². The van der Waals surface area contributed by atoms with E-state index in [9.17, 15) is 0 Å².